The van der Waals surface area contributed by atoms with Crippen molar-refractivity contribution in [3.8, 4) is 0 Å². The van der Waals surface area contributed by atoms with Gasteiger partial charge in [-0.25, -0.2) is 13.1 Å². The van der Waals surface area contributed by atoms with Crippen LogP contribution in [0.3, 0.4) is 0 Å². The molecule has 1 aromatic heterocycles. The highest BCUT2D eigenvalue weighted by Gasteiger charge is 2.19. The first-order valence-electron chi connectivity index (χ1n) is 6.47. The zero-order valence-corrected chi connectivity index (χ0v) is 12.9. The highest BCUT2D eigenvalue weighted by Crippen LogP contribution is 2.13. The molecule has 0 atom stereocenters. The van der Waals surface area contributed by atoms with Crippen LogP contribution in [0.2, 0.25) is 0 Å². The average molecular weight is 288 g/mol. The molecule has 0 saturated heterocycles. The summed E-state index contributed by atoms with van der Waals surface area (Å²) in [6, 6.07) is 0. The minimum Gasteiger partial charge on any atom is -0.315 e. The third kappa shape index (κ3) is 5.71. The summed E-state index contributed by atoms with van der Waals surface area (Å²) in [4.78, 5) is 0.216. The molecule has 0 spiro atoms. The Morgan fingerprint density at radius 1 is 1.37 bits per heavy atom. The molecule has 1 rings (SSSR count). The van der Waals surface area contributed by atoms with Gasteiger partial charge in [-0.2, -0.15) is 5.10 Å². The van der Waals surface area contributed by atoms with Gasteiger partial charge in [-0.05, 0) is 12.0 Å². The van der Waals surface area contributed by atoms with Gasteiger partial charge in [0.15, 0.2) is 0 Å². The van der Waals surface area contributed by atoms with Crippen molar-refractivity contribution in [3.05, 3.63) is 12.4 Å². The Morgan fingerprint density at radius 3 is 2.63 bits per heavy atom. The maximum absolute atomic E-state index is 12.0. The highest BCUT2D eigenvalue weighted by atomic mass is 32.2. The predicted molar refractivity (Wildman–Crippen MR) is 75.4 cm³/mol. The van der Waals surface area contributed by atoms with E-state index in [2.05, 4.69) is 15.1 Å². The van der Waals surface area contributed by atoms with E-state index in [0.29, 0.717) is 13.1 Å². The van der Waals surface area contributed by atoms with Crippen LogP contribution < -0.4 is 10.0 Å². The third-order valence-electron chi connectivity index (χ3n) is 2.48. The van der Waals surface area contributed by atoms with E-state index >= 15 is 0 Å². The van der Waals surface area contributed by atoms with Crippen LogP contribution in [-0.2, 0) is 16.6 Å². The minimum atomic E-state index is -3.46. The zero-order valence-electron chi connectivity index (χ0n) is 12.1. The van der Waals surface area contributed by atoms with Crippen molar-refractivity contribution in [2.24, 2.45) is 5.41 Å². The summed E-state index contributed by atoms with van der Waals surface area (Å²) in [6.45, 7) is 10.7. The molecule has 19 heavy (non-hydrogen) atoms. The second kappa shape index (κ2) is 6.49. The van der Waals surface area contributed by atoms with Crippen molar-refractivity contribution in [2.45, 2.75) is 39.1 Å². The number of nitrogens with one attached hydrogen (secondary N) is 2. The Bertz CT molecular complexity index is 488. The van der Waals surface area contributed by atoms with Crippen LogP contribution in [0.4, 0.5) is 0 Å². The molecular formula is C12H24N4O2S. The van der Waals surface area contributed by atoms with Gasteiger partial charge < -0.3 is 5.32 Å². The van der Waals surface area contributed by atoms with E-state index in [-0.39, 0.29) is 10.3 Å². The number of aromatic nitrogens is 2. The Balaban J connectivity index is 2.64. The van der Waals surface area contributed by atoms with Crippen LogP contribution >= 0.6 is 0 Å². The highest BCUT2D eigenvalue weighted by molar-refractivity contribution is 7.89. The summed E-state index contributed by atoms with van der Waals surface area (Å²) in [5.74, 6) is 0. The van der Waals surface area contributed by atoms with Gasteiger partial charge in [-0.15, -0.1) is 0 Å². The van der Waals surface area contributed by atoms with E-state index in [1.165, 1.54) is 6.20 Å². The fourth-order valence-electron chi connectivity index (χ4n) is 1.37. The van der Waals surface area contributed by atoms with E-state index in [0.717, 1.165) is 13.1 Å². The molecule has 7 heteroatoms. The standard InChI is InChI=1S/C12H24N4O2S/c1-5-13-6-7-16-9-11(8-14-16)19(17,18)15-10-12(2,3)4/h8-9,13,15H,5-7,10H2,1-4H3. The van der Waals surface area contributed by atoms with Crippen LogP contribution in [0.5, 0.6) is 0 Å². The van der Waals surface area contributed by atoms with Gasteiger partial charge in [-0.3, -0.25) is 4.68 Å². The van der Waals surface area contributed by atoms with Gasteiger partial charge >= 0.3 is 0 Å². The maximum atomic E-state index is 12.0. The lowest BCUT2D eigenvalue weighted by molar-refractivity contribution is 0.407. The SMILES string of the molecule is CCNCCn1cc(S(=O)(=O)NCC(C)(C)C)cn1. The normalized spacial score (nSPS) is 12.8. The summed E-state index contributed by atoms with van der Waals surface area (Å²) in [5.41, 5.74) is -0.0892. The Hall–Kier alpha value is -0.920. The number of sulfonamides is 1. The topological polar surface area (TPSA) is 76.0 Å². The average Bonchev–Trinajstić information content (AvgIpc) is 2.76. The van der Waals surface area contributed by atoms with Crippen molar-refractivity contribution in [2.75, 3.05) is 19.6 Å². The van der Waals surface area contributed by atoms with Crippen LogP contribution in [0.15, 0.2) is 17.3 Å². The summed E-state index contributed by atoms with van der Waals surface area (Å²) >= 11 is 0. The van der Waals surface area contributed by atoms with Gasteiger partial charge in [0.1, 0.15) is 4.90 Å². The molecule has 6 nitrogen and oxygen atoms in total. The molecule has 0 saturated carbocycles. The van der Waals surface area contributed by atoms with E-state index in [1.54, 1.807) is 10.9 Å². The molecule has 0 aliphatic carbocycles. The van der Waals surface area contributed by atoms with Gasteiger partial charge in [-0.1, -0.05) is 27.7 Å². The summed E-state index contributed by atoms with van der Waals surface area (Å²) in [5, 5.41) is 7.22. The number of nitrogens with zero attached hydrogens (tertiary/aromatic N) is 2. The van der Waals surface area contributed by atoms with Crippen LogP contribution in [0, 0.1) is 5.41 Å². The van der Waals surface area contributed by atoms with Crippen LogP contribution in [0.25, 0.3) is 0 Å². The minimum absolute atomic E-state index is 0.0892. The molecule has 0 unspecified atom stereocenters. The van der Waals surface area contributed by atoms with Gasteiger partial charge in [0.05, 0.1) is 12.7 Å². The molecule has 2 N–H and O–H groups in total. The Kier molecular flexibility index (Phi) is 5.51. The summed E-state index contributed by atoms with van der Waals surface area (Å²) in [7, 11) is -3.46. The Labute approximate surface area is 115 Å². The van der Waals surface area contributed by atoms with Gasteiger partial charge in [0.2, 0.25) is 10.0 Å². The quantitative estimate of drug-likeness (QED) is 0.728. The largest absolute Gasteiger partial charge is 0.315 e. The smallest absolute Gasteiger partial charge is 0.243 e. The number of hydrogen-bond acceptors (Lipinski definition) is 4. The van der Waals surface area contributed by atoms with Crippen molar-refractivity contribution in [1.82, 2.24) is 19.8 Å². The van der Waals surface area contributed by atoms with Crippen molar-refractivity contribution in [3.63, 3.8) is 0 Å². The van der Waals surface area contributed by atoms with E-state index in [1.807, 2.05) is 27.7 Å². The monoisotopic (exact) mass is 288 g/mol. The molecule has 0 aliphatic rings. The van der Waals surface area contributed by atoms with Gasteiger partial charge in [0.25, 0.3) is 0 Å². The molecule has 0 aromatic carbocycles. The molecule has 0 amide bonds. The molecule has 0 radical (unpaired) electrons. The molecular weight excluding hydrogens is 264 g/mol. The Morgan fingerprint density at radius 2 is 2.05 bits per heavy atom. The molecule has 1 heterocycles. The first-order valence-corrected chi connectivity index (χ1v) is 7.96. The lowest BCUT2D eigenvalue weighted by Gasteiger charge is -2.18. The lowest BCUT2D eigenvalue weighted by Crippen LogP contribution is -2.32. The molecule has 1 aromatic rings. The number of likely N-dealkylation sites (N-methyl/N-ethyl adjacent to an activating group) is 1. The molecule has 0 fully saturated rings. The molecule has 0 bridgehead atoms. The van der Waals surface area contributed by atoms with E-state index in [9.17, 15) is 8.42 Å². The first-order chi connectivity index (χ1) is 8.74. The maximum Gasteiger partial charge on any atom is 0.243 e. The van der Waals surface area contributed by atoms with E-state index < -0.39 is 10.0 Å². The van der Waals surface area contributed by atoms with Crippen LogP contribution in [-0.4, -0.2) is 37.8 Å². The number of hydrogen-bond donors (Lipinski definition) is 2. The third-order valence-corrected chi connectivity index (χ3v) is 3.84. The van der Waals surface area contributed by atoms with Crippen molar-refractivity contribution >= 4 is 10.0 Å². The number of rotatable bonds is 7. The first kappa shape index (κ1) is 16.1. The van der Waals surface area contributed by atoms with Crippen molar-refractivity contribution < 1.29 is 8.42 Å². The van der Waals surface area contributed by atoms with Gasteiger partial charge in [0, 0.05) is 19.3 Å². The molecule has 0 aliphatic heterocycles. The van der Waals surface area contributed by atoms with Crippen LogP contribution in [0.1, 0.15) is 27.7 Å². The predicted octanol–water partition coefficient (Wildman–Crippen LogP) is 0.817. The zero-order chi connectivity index (χ0) is 14.5. The summed E-state index contributed by atoms with van der Waals surface area (Å²) in [6.07, 6.45) is 2.94. The second-order valence-electron chi connectivity index (χ2n) is 5.68. The van der Waals surface area contributed by atoms with Crippen molar-refractivity contribution in [1.29, 1.82) is 0 Å². The van der Waals surface area contributed by atoms with E-state index in [4.69, 9.17) is 0 Å². The fraction of sp³-hybridized carbons (Fsp3) is 0.750. The lowest BCUT2D eigenvalue weighted by atomic mass is 9.98. The summed E-state index contributed by atoms with van der Waals surface area (Å²) < 4.78 is 28.3. The molecule has 110 valence electrons. The fourth-order valence-corrected chi connectivity index (χ4v) is 2.61. The second-order valence-corrected chi connectivity index (χ2v) is 7.44.